The molecular formula is C12H17N5O. The van der Waals surface area contributed by atoms with Crippen LogP contribution >= 0.6 is 0 Å². The van der Waals surface area contributed by atoms with Crippen LogP contribution in [-0.4, -0.2) is 25.9 Å². The monoisotopic (exact) mass is 247 g/mol. The lowest BCUT2D eigenvalue weighted by molar-refractivity contribution is 0.0939. The van der Waals surface area contributed by atoms with Gasteiger partial charge in [-0.2, -0.15) is 10.2 Å². The first kappa shape index (κ1) is 12.3. The number of aryl methyl sites for hydroxylation is 2. The highest BCUT2D eigenvalue weighted by Gasteiger charge is 2.17. The predicted molar refractivity (Wildman–Crippen MR) is 67.2 cm³/mol. The first-order valence-corrected chi connectivity index (χ1v) is 5.80. The molecule has 0 aliphatic heterocycles. The molecule has 0 saturated carbocycles. The van der Waals surface area contributed by atoms with Crippen LogP contribution in [0.25, 0.3) is 0 Å². The van der Waals surface area contributed by atoms with Gasteiger partial charge in [-0.3, -0.25) is 14.6 Å². The Morgan fingerprint density at radius 3 is 2.67 bits per heavy atom. The van der Waals surface area contributed by atoms with Crippen LogP contribution in [0, 0.1) is 13.8 Å². The number of rotatable bonds is 3. The minimum atomic E-state index is -0.128. The minimum absolute atomic E-state index is 0.0829. The van der Waals surface area contributed by atoms with Gasteiger partial charge in [-0.25, -0.2) is 0 Å². The maximum Gasteiger partial charge on any atom is 0.255 e. The summed E-state index contributed by atoms with van der Waals surface area (Å²) in [6, 6.07) is -0.0829. The van der Waals surface area contributed by atoms with E-state index in [-0.39, 0.29) is 11.9 Å². The van der Waals surface area contributed by atoms with Gasteiger partial charge in [-0.15, -0.1) is 0 Å². The molecule has 1 atom stereocenters. The lowest BCUT2D eigenvalue weighted by Crippen LogP contribution is -2.27. The lowest BCUT2D eigenvalue weighted by Gasteiger charge is -2.13. The molecule has 2 rings (SSSR count). The third kappa shape index (κ3) is 2.13. The molecule has 2 heterocycles. The average Bonchev–Trinajstić information content (AvgIpc) is 2.87. The Hall–Kier alpha value is -2.11. The van der Waals surface area contributed by atoms with E-state index in [1.54, 1.807) is 10.9 Å². The average molecular weight is 247 g/mol. The Balaban J connectivity index is 2.13. The number of carbonyl (C=O) groups excluding carboxylic acids is 1. The molecule has 0 radical (unpaired) electrons. The molecule has 0 spiro atoms. The normalized spacial score (nSPS) is 12.4. The fourth-order valence-electron chi connectivity index (χ4n) is 1.87. The van der Waals surface area contributed by atoms with Crippen molar-refractivity contribution in [2.24, 2.45) is 7.05 Å². The molecule has 18 heavy (non-hydrogen) atoms. The zero-order valence-electron chi connectivity index (χ0n) is 11.0. The van der Waals surface area contributed by atoms with Crippen LogP contribution in [0.3, 0.4) is 0 Å². The van der Waals surface area contributed by atoms with Crippen molar-refractivity contribution in [1.82, 2.24) is 25.3 Å². The number of aromatic amines is 1. The molecule has 6 nitrogen and oxygen atoms in total. The van der Waals surface area contributed by atoms with Crippen molar-refractivity contribution in [3.8, 4) is 0 Å². The number of hydrogen-bond donors (Lipinski definition) is 2. The van der Waals surface area contributed by atoms with Crippen LogP contribution in [0.2, 0.25) is 0 Å². The van der Waals surface area contributed by atoms with Crippen molar-refractivity contribution in [1.29, 1.82) is 0 Å². The summed E-state index contributed by atoms with van der Waals surface area (Å²) in [5, 5.41) is 13.7. The zero-order chi connectivity index (χ0) is 13.3. The number of carbonyl (C=O) groups is 1. The molecule has 2 N–H and O–H groups in total. The maximum absolute atomic E-state index is 12.0. The second-order valence-corrected chi connectivity index (χ2v) is 4.41. The zero-order valence-corrected chi connectivity index (χ0v) is 11.0. The van der Waals surface area contributed by atoms with E-state index in [9.17, 15) is 4.79 Å². The van der Waals surface area contributed by atoms with Crippen LogP contribution in [0.5, 0.6) is 0 Å². The molecule has 0 saturated heterocycles. The second kappa shape index (κ2) is 4.64. The van der Waals surface area contributed by atoms with E-state index >= 15 is 0 Å². The van der Waals surface area contributed by atoms with E-state index in [4.69, 9.17) is 0 Å². The summed E-state index contributed by atoms with van der Waals surface area (Å²) in [5.41, 5.74) is 3.41. The van der Waals surface area contributed by atoms with Gasteiger partial charge in [0.1, 0.15) is 0 Å². The largest absolute Gasteiger partial charge is 0.345 e. The molecule has 2 aromatic rings. The van der Waals surface area contributed by atoms with Crippen molar-refractivity contribution >= 4 is 5.91 Å². The van der Waals surface area contributed by atoms with Crippen molar-refractivity contribution in [2.45, 2.75) is 26.8 Å². The van der Waals surface area contributed by atoms with Crippen LogP contribution in [0.15, 0.2) is 12.4 Å². The molecular weight excluding hydrogens is 230 g/mol. The van der Waals surface area contributed by atoms with Crippen LogP contribution in [-0.2, 0) is 7.05 Å². The van der Waals surface area contributed by atoms with Crippen LogP contribution in [0.4, 0.5) is 0 Å². The van der Waals surface area contributed by atoms with Crippen LogP contribution in [0.1, 0.15) is 40.3 Å². The molecule has 1 unspecified atom stereocenters. The SMILES string of the molecule is Cc1[nH]ncc1C(=O)NC(C)c1cnn(C)c1C. The van der Waals surface area contributed by atoms with Crippen LogP contribution < -0.4 is 5.32 Å². The van der Waals surface area contributed by atoms with E-state index in [0.29, 0.717) is 5.56 Å². The quantitative estimate of drug-likeness (QED) is 0.857. The van der Waals surface area contributed by atoms with Gasteiger partial charge in [0.2, 0.25) is 0 Å². The fourth-order valence-corrected chi connectivity index (χ4v) is 1.87. The first-order chi connectivity index (χ1) is 8.50. The van der Waals surface area contributed by atoms with E-state index in [1.165, 1.54) is 6.20 Å². The molecule has 0 aromatic carbocycles. The van der Waals surface area contributed by atoms with Gasteiger partial charge in [0.25, 0.3) is 5.91 Å². The summed E-state index contributed by atoms with van der Waals surface area (Å²) in [4.78, 5) is 12.0. The van der Waals surface area contributed by atoms with Gasteiger partial charge in [-0.05, 0) is 20.8 Å². The highest BCUT2D eigenvalue weighted by atomic mass is 16.1. The van der Waals surface area contributed by atoms with Gasteiger partial charge >= 0.3 is 0 Å². The maximum atomic E-state index is 12.0. The lowest BCUT2D eigenvalue weighted by atomic mass is 10.1. The summed E-state index contributed by atoms with van der Waals surface area (Å²) in [6.07, 6.45) is 3.32. The Labute approximate surface area is 105 Å². The van der Waals surface area contributed by atoms with E-state index in [2.05, 4.69) is 20.6 Å². The summed E-state index contributed by atoms with van der Waals surface area (Å²) >= 11 is 0. The molecule has 6 heteroatoms. The Bertz CT molecular complexity index is 569. The topological polar surface area (TPSA) is 75.6 Å². The number of amides is 1. The minimum Gasteiger partial charge on any atom is -0.345 e. The number of nitrogens with zero attached hydrogens (tertiary/aromatic N) is 3. The second-order valence-electron chi connectivity index (χ2n) is 4.41. The van der Waals surface area contributed by atoms with E-state index in [0.717, 1.165) is 17.0 Å². The Morgan fingerprint density at radius 2 is 2.17 bits per heavy atom. The number of nitrogens with one attached hydrogen (secondary N) is 2. The molecule has 96 valence electrons. The highest BCUT2D eigenvalue weighted by molar-refractivity contribution is 5.95. The molecule has 0 aliphatic carbocycles. The highest BCUT2D eigenvalue weighted by Crippen LogP contribution is 2.16. The summed E-state index contributed by atoms with van der Waals surface area (Å²) in [6.45, 7) is 5.74. The molecule has 0 fully saturated rings. The van der Waals surface area contributed by atoms with Gasteiger partial charge in [0, 0.05) is 24.0 Å². The summed E-state index contributed by atoms with van der Waals surface area (Å²) < 4.78 is 1.79. The molecule has 0 bridgehead atoms. The summed E-state index contributed by atoms with van der Waals surface area (Å²) in [7, 11) is 1.88. The van der Waals surface area contributed by atoms with Crippen molar-refractivity contribution in [3.63, 3.8) is 0 Å². The van der Waals surface area contributed by atoms with E-state index < -0.39 is 0 Å². The summed E-state index contributed by atoms with van der Waals surface area (Å²) in [5.74, 6) is -0.128. The number of H-pyrrole nitrogens is 1. The van der Waals surface area contributed by atoms with Gasteiger partial charge in [-0.1, -0.05) is 0 Å². The Kier molecular flexibility index (Phi) is 3.18. The predicted octanol–water partition coefficient (Wildman–Crippen LogP) is 1.25. The third-order valence-electron chi connectivity index (χ3n) is 3.16. The third-order valence-corrected chi connectivity index (χ3v) is 3.16. The van der Waals surface area contributed by atoms with Crippen molar-refractivity contribution in [2.75, 3.05) is 0 Å². The van der Waals surface area contributed by atoms with Crippen molar-refractivity contribution in [3.05, 3.63) is 34.9 Å². The number of aromatic nitrogens is 4. The van der Waals surface area contributed by atoms with Gasteiger partial charge in [0.05, 0.1) is 24.0 Å². The molecule has 0 aliphatic rings. The van der Waals surface area contributed by atoms with Gasteiger partial charge < -0.3 is 5.32 Å². The van der Waals surface area contributed by atoms with E-state index in [1.807, 2.05) is 27.8 Å². The van der Waals surface area contributed by atoms with Crippen molar-refractivity contribution < 1.29 is 4.79 Å². The number of hydrogen-bond acceptors (Lipinski definition) is 3. The molecule has 1 amide bonds. The molecule has 2 aromatic heterocycles. The standard InChI is InChI=1S/C12H17N5O/c1-7(10-6-14-17(4)9(10)3)15-12(18)11-5-13-16-8(11)2/h5-7H,1-4H3,(H,13,16)(H,15,18). The Morgan fingerprint density at radius 1 is 1.44 bits per heavy atom. The first-order valence-electron chi connectivity index (χ1n) is 5.80. The fraction of sp³-hybridized carbons (Fsp3) is 0.417. The van der Waals surface area contributed by atoms with Gasteiger partial charge in [0.15, 0.2) is 0 Å². The smallest absolute Gasteiger partial charge is 0.255 e.